The number of rotatable bonds is 6. The van der Waals surface area contributed by atoms with Crippen molar-refractivity contribution in [3.8, 4) is 5.88 Å². The van der Waals surface area contributed by atoms with Crippen LogP contribution in [0.5, 0.6) is 5.88 Å². The smallest absolute Gasteiger partial charge is 0.256 e. The van der Waals surface area contributed by atoms with Gasteiger partial charge in [0.25, 0.3) is 5.91 Å². The summed E-state index contributed by atoms with van der Waals surface area (Å²) < 4.78 is 8.19. The molecule has 4 rings (SSSR count). The number of hydrogen-bond acceptors (Lipinski definition) is 4. The number of nitrogens with zero attached hydrogens (tertiary/aromatic N) is 2. The third kappa shape index (κ3) is 3.95. The van der Waals surface area contributed by atoms with Gasteiger partial charge in [0.15, 0.2) is 0 Å². The minimum absolute atomic E-state index is 0.141. The fourth-order valence-electron chi connectivity index (χ4n) is 3.44. The maximum absolute atomic E-state index is 12.7. The number of fused-ring (bicyclic) bond motifs is 1. The van der Waals surface area contributed by atoms with Crippen molar-refractivity contribution in [3.63, 3.8) is 0 Å². The Morgan fingerprint density at radius 3 is 3.07 bits per heavy atom. The van der Waals surface area contributed by atoms with Gasteiger partial charge < -0.3 is 14.6 Å². The highest BCUT2D eigenvalue weighted by molar-refractivity contribution is 7.99. The van der Waals surface area contributed by atoms with E-state index in [0.717, 1.165) is 24.5 Å². The minimum atomic E-state index is -0.141. The Hall–Kier alpha value is -2.47. The third-order valence-corrected chi connectivity index (χ3v) is 5.95. The second-order valence-electron chi connectivity index (χ2n) is 6.71. The van der Waals surface area contributed by atoms with E-state index >= 15 is 0 Å². The lowest BCUT2D eigenvalue weighted by atomic mass is 10.2. The van der Waals surface area contributed by atoms with Gasteiger partial charge in [-0.3, -0.25) is 4.79 Å². The van der Waals surface area contributed by atoms with Gasteiger partial charge in [0.2, 0.25) is 5.88 Å². The van der Waals surface area contributed by atoms with E-state index in [-0.39, 0.29) is 12.0 Å². The molecule has 0 spiro atoms. The first-order chi connectivity index (χ1) is 13.2. The molecular weight excluding hydrogens is 358 g/mol. The van der Waals surface area contributed by atoms with E-state index in [4.69, 9.17) is 4.74 Å². The van der Waals surface area contributed by atoms with Gasteiger partial charge in [0, 0.05) is 36.2 Å². The number of amides is 1. The second kappa shape index (κ2) is 8.05. The molecule has 6 heteroatoms. The molecule has 1 aromatic carbocycles. The Kier molecular flexibility index (Phi) is 5.34. The van der Waals surface area contributed by atoms with Gasteiger partial charge >= 0.3 is 0 Å². The summed E-state index contributed by atoms with van der Waals surface area (Å²) in [7, 11) is 0. The topological polar surface area (TPSA) is 56.2 Å². The molecule has 1 atom stereocenters. The number of hydrogen-bond donors (Lipinski definition) is 1. The van der Waals surface area contributed by atoms with Crippen molar-refractivity contribution in [3.05, 3.63) is 59.9 Å². The van der Waals surface area contributed by atoms with Crippen molar-refractivity contribution in [2.45, 2.75) is 26.0 Å². The highest BCUT2D eigenvalue weighted by Gasteiger charge is 2.21. The minimum Gasteiger partial charge on any atom is -0.473 e. The van der Waals surface area contributed by atoms with Gasteiger partial charge in [-0.15, -0.1) is 0 Å². The number of ether oxygens (including phenoxy) is 1. The number of benzene rings is 1. The number of nitrogens with one attached hydrogen (secondary N) is 1. The average molecular weight is 382 g/mol. The Bertz CT molecular complexity index is 948. The van der Waals surface area contributed by atoms with Gasteiger partial charge in [-0.1, -0.05) is 18.2 Å². The summed E-state index contributed by atoms with van der Waals surface area (Å²) in [5, 5.41) is 4.23. The molecule has 5 nitrogen and oxygen atoms in total. The van der Waals surface area contributed by atoms with Crippen LogP contribution in [0.4, 0.5) is 0 Å². The molecule has 27 heavy (non-hydrogen) atoms. The molecule has 1 aliphatic heterocycles. The van der Waals surface area contributed by atoms with Crippen LogP contribution in [0, 0.1) is 6.92 Å². The summed E-state index contributed by atoms with van der Waals surface area (Å²) in [5.74, 6) is 2.35. The normalized spacial score (nSPS) is 16.6. The Labute approximate surface area is 163 Å². The van der Waals surface area contributed by atoms with E-state index in [1.54, 1.807) is 18.3 Å². The van der Waals surface area contributed by atoms with Gasteiger partial charge in [-0.05, 0) is 48.7 Å². The van der Waals surface area contributed by atoms with Gasteiger partial charge in [0.1, 0.15) is 11.7 Å². The van der Waals surface area contributed by atoms with Crippen LogP contribution in [0.25, 0.3) is 10.9 Å². The Morgan fingerprint density at radius 1 is 1.33 bits per heavy atom. The molecule has 1 fully saturated rings. The highest BCUT2D eigenvalue weighted by Crippen LogP contribution is 2.24. The lowest BCUT2D eigenvalue weighted by Crippen LogP contribution is -2.28. The van der Waals surface area contributed by atoms with Crippen LogP contribution in [0.1, 0.15) is 22.5 Å². The first-order valence-corrected chi connectivity index (χ1v) is 10.4. The van der Waals surface area contributed by atoms with Crippen LogP contribution < -0.4 is 10.1 Å². The number of aromatic nitrogens is 2. The zero-order valence-corrected chi connectivity index (χ0v) is 16.2. The molecule has 0 radical (unpaired) electrons. The number of carbonyl (C=O) groups is 1. The number of thioether (sulfide) groups is 1. The van der Waals surface area contributed by atoms with Crippen LogP contribution in [0.2, 0.25) is 0 Å². The molecule has 1 amide bonds. The van der Waals surface area contributed by atoms with Crippen LogP contribution in [-0.4, -0.2) is 39.6 Å². The molecule has 0 aliphatic carbocycles. The van der Waals surface area contributed by atoms with Crippen molar-refractivity contribution in [1.82, 2.24) is 14.9 Å². The van der Waals surface area contributed by atoms with E-state index in [0.29, 0.717) is 18.0 Å². The lowest BCUT2D eigenvalue weighted by molar-refractivity contribution is 0.0944. The van der Waals surface area contributed by atoms with Crippen molar-refractivity contribution >= 4 is 28.6 Å². The molecule has 1 unspecified atom stereocenters. The molecular formula is C21H23N3O2S. The third-order valence-electron chi connectivity index (χ3n) is 4.82. The van der Waals surface area contributed by atoms with Gasteiger partial charge in [0.05, 0.1) is 0 Å². The standard InChI is InChI=1S/C21H23N3O2S/c1-15-13-16-5-2-3-7-19(16)24(15)11-10-22-20(25)18-6-4-9-23-21(18)26-17-8-12-27-14-17/h2-7,9,13,17H,8,10-12,14H2,1H3,(H,22,25). The summed E-state index contributed by atoms with van der Waals surface area (Å²) in [5.41, 5.74) is 2.88. The zero-order valence-electron chi connectivity index (χ0n) is 15.4. The van der Waals surface area contributed by atoms with Crippen molar-refractivity contribution in [1.29, 1.82) is 0 Å². The highest BCUT2D eigenvalue weighted by atomic mass is 32.2. The molecule has 0 bridgehead atoms. The molecule has 1 aliphatic rings. The number of aryl methyl sites for hydroxylation is 1. The van der Waals surface area contributed by atoms with Gasteiger partial charge in [-0.25, -0.2) is 4.98 Å². The SMILES string of the molecule is Cc1cc2ccccc2n1CCNC(=O)c1cccnc1OC1CCSC1. The molecule has 1 N–H and O–H groups in total. The predicted molar refractivity (Wildman–Crippen MR) is 110 cm³/mol. The summed E-state index contributed by atoms with van der Waals surface area (Å²) in [4.78, 5) is 16.9. The van der Waals surface area contributed by atoms with Crippen molar-refractivity contribution < 1.29 is 9.53 Å². The zero-order chi connectivity index (χ0) is 18.6. The van der Waals surface area contributed by atoms with Crippen molar-refractivity contribution in [2.75, 3.05) is 18.1 Å². The summed E-state index contributed by atoms with van der Waals surface area (Å²) in [6.07, 6.45) is 2.82. The van der Waals surface area contributed by atoms with Crippen LogP contribution in [-0.2, 0) is 6.54 Å². The van der Waals surface area contributed by atoms with E-state index in [1.807, 2.05) is 23.9 Å². The average Bonchev–Trinajstić information content (AvgIpc) is 3.30. The predicted octanol–water partition coefficient (Wildman–Crippen LogP) is 3.66. The van der Waals surface area contributed by atoms with Gasteiger partial charge in [-0.2, -0.15) is 11.8 Å². The molecule has 0 saturated carbocycles. The largest absolute Gasteiger partial charge is 0.473 e. The Morgan fingerprint density at radius 2 is 2.22 bits per heavy atom. The van der Waals surface area contributed by atoms with Crippen LogP contribution >= 0.6 is 11.8 Å². The van der Waals surface area contributed by atoms with Crippen LogP contribution in [0.3, 0.4) is 0 Å². The molecule has 1 saturated heterocycles. The molecule has 3 heterocycles. The fourth-order valence-corrected chi connectivity index (χ4v) is 4.54. The molecule has 140 valence electrons. The quantitative estimate of drug-likeness (QED) is 0.708. The number of para-hydroxylation sites is 1. The Balaban J connectivity index is 1.41. The van der Waals surface area contributed by atoms with E-state index in [9.17, 15) is 4.79 Å². The summed E-state index contributed by atoms with van der Waals surface area (Å²) in [6.45, 7) is 3.36. The van der Waals surface area contributed by atoms with E-state index in [1.165, 1.54) is 16.6 Å². The second-order valence-corrected chi connectivity index (χ2v) is 7.86. The van der Waals surface area contributed by atoms with E-state index < -0.39 is 0 Å². The number of carbonyl (C=O) groups excluding carboxylic acids is 1. The number of pyridine rings is 1. The molecule has 3 aromatic rings. The van der Waals surface area contributed by atoms with Crippen molar-refractivity contribution in [2.24, 2.45) is 0 Å². The van der Waals surface area contributed by atoms with Crippen LogP contribution in [0.15, 0.2) is 48.7 Å². The van der Waals surface area contributed by atoms with E-state index in [2.05, 4.69) is 40.0 Å². The summed E-state index contributed by atoms with van der Waals surface area (Å²) >= 11 is 1.87. The first kappa shape index (κ1) is 17.9. The lowest BCUT2D eigenvalue weighted by Gasteiger charge is -2.15. The molecule has 2 aromatic heterocycles. The maximum Gasteiger partial charge on any atom is 0.256 e. The maximum atomic E-state index is 12.7. The fraction of sp³-hybridized carbons (Fsp3) is 0.333. The first-order valence-electron chi connectivity index (χ1n) is 9.25. The monoisotopic (exact) mass is 381 g/mol. The summed E-state index contributed by atoms with van der Waals surface area (Å²) in [6, 6.07) is 14.0.